The lowest BCUT2D eigenvalue weighted by Gasteiger charge is -2.19. The van der Waals surface area contributed by atoms with E-state index in [1.807, 2.05) is 0 Å². The zero-order chi connectivity index (χ0) is 18.1. The van der Waals surface area contributed by atoms with Gasteiger partial charge < -0.3 is 19.4 Å². The number of thioether (sulfide) groups is 1. The van der Waals surface area contributed by atoms with Crippen molar-refractivity contribution < 1.29 is 28.0 Å². The topological polar surface area (TPSA) is 114 Å². The maximum atomic E-state index is 14.7. The van der Waals surface area contributed by atoms with Crippen LogP contribution < -0.4 is 10.6 Å². The molecule has 2 rings (SSSR count). The van der Waals surface area contributed by atoms with Gasteiger partial charge in [0.1, 0.15) is 17.3 Å². The maximum Gasteiger partial charge on any atom is 0.469 e. The van der Waals surface area contributed by atoms with E-state index < -0.39 is 43.0 Å². The minimum atomic E-state index is -4.67. The second kappa shape index (κ2) is 7.51. The molecule has 2 N–H and O–H groups in total. The van der Waals surface area contributed by atoms with Crippen molar-refractivity contribution in [2.24, 2.45) is 0 Å². The second-order valence-corrected chi connectivity index (χ2v) is 7.97. The number of rotatable bonds is 6. The van der Waals surface area contributed by atoms with E-state index in [9.17, 15) is 13.8 Å². The lowest BCUT2D eigenvalue weighted by molar-refractivity contribution is 0.0226. The first-order valence-corrected chi connectivity index (χ1v) is 9.40. The third-order valence-corrected chi connectivity index (χ3v) is 5.50. The van der Waals surface area contributed by atoms with Crippen molar-refractivity contribution >= 4 is 25.4 Å². The van der Waals surface area contributed by atoms with E-state index in [4.69, 9.17) is 14.5 Å². The summed E-state index contributed by atoms with van der Waals surface area (Å²) >= 11 is 1.01. The summed E-state index contributed by atoms with van der Waals surface area (Å²) in [4.78, 5) is 35.2. The van der Waals surface area contributed by atoms with Crippen LogP contribution in [0.25, 0.3) is 0 Å². The molecule has 0 unspecified atom stereocenters. The van der Waals surface area contributed by atoms with Crippen molar-refractivity contribution in [2.45, 2.75) is 22.9 Å². The van der Waals surface area contributed by atoms with Crippen LogP contribution in [0.1, 0.15) is 5.37 Å². The van der Waals surface area contributed by atoms with Gasteiger partial charge in [-0.3, -0.25) is 9.09 Å². The van der Waals surface area contributed by atoms with Gasteiger partial charge in [-0.25, -0.2) is 13.8 Å². The molecule has 0 bridgehead atoms. The quantitative estimate of drug-likeness (QED) is 0.673. The van der Waals surface area contributed by atoms with Crippen LogP contribution in [0.4, 0.5) is 10.2 Å². The molecule has 0 aliphatic carbocycles. The van der Waals surface area contributed by atoms with Gasteiger partial charge in [0.25, 0.3) is 0 Å². The highest BCUT2D eigenvalue weighted by Crippen LogP contribution is 2.46. The van der Waals surface area contributed by atoms with Crippen LogP contribution in [0.2, 0.25) is 0 Å². The summed E-state index contributed by atoms with van der Waals surface area (Å²) in [6, 6.07) is 1.58. The van der Waals surface area contributed by atoms with Gasteiger partial charge in [-0.15, -0.1) is 11.8 Å². The van der Waals surface area contributed by atoms with Crippen LogP contribution >= 0.6 is 19.6 Å². The van der Waals surface area contributed by atoms with Gasteiger partial charge in [0.2, 0.25) is 0 Å². The van der Waals surface area contributed by atoms with E-state index >= 15 is 0 Å². The van der Waals surface area contributed by atoms with E-state index in [0.717, 1.165) is 16.3 Å². The number of anilines is 1. The number of methoxy groups -OCH3 is 1. The smallest absolute Gasteiger partial charge is 0.377 e. The van der Waals surface area contributed by atoms with Crippen LogP contribution in [0.3, 0.4) is 0 Å². The average Bonchev–Trinajstić information content (AvgIpc) is 2.80. The zero-order valence-electron chi connectivity index (χ0n) is 13.3. The molecule has 2 heterocycles. The first-order valence-electron chi connectivity index (χ1n) is 6.93. The monoisotopic (exact) mass is 383 g/mol. The molecule has 0 amide bonds. The highest BCUT2D eigenvalue weighted by atomic mass is 32.2. The molecule has 1 aromatic heterocycles. The largest absolute Gasteiger partial charge is 0.469 e. The molecule has 12 heteroatoms. The Kier molecular flexibility index (Phi) is 6.05. The SMILES string of the molecule is CO[C@H]1[C@H](F)[C@H](n2ccc(N(C)C)nc2=O)S[C@@H]1COP(=O)(O)O. The Morgan fingerprint density at radius 1 is 1.50 bits per heavy atom. The number of hydrogen-bond donors (Lipinski definition) is 2. The summed E-state index contributed by atoms with van der Waals surface area (Å²) in [6.45, 7) is -0.400. The first-order chi connectivity index (χ1) is 11.1. The predicted octanol–water partition coefficient (Wildman–Crippen LogP) is 0.386. The number of phosphoric acid groups is 1. The molecule has 1 fully saturated rings. The molecular formula is C12H19FN3O6PS. The molecule has 136 valence electrons. The molecule has 1 saturated heterocycles. The fourth-order valence-corrected chi connectivity index (χ4v) is 4.32. The van der Waals surface area contributed by atoms with Crippen molar-refractivity contribution in [3.63, 3.8) is 0 Å². The van der Waals surface area contributed by atoms with E-state index in [0.29, 0.717) is 5.82 Å². The van der Waals surface area contributed by atoms with Crippen LogP contribution in [-0.2, 0) is 13.8 Å². The molecule has 1 aliphatic rings. The van der Waals surface area contributed by atoms with Gasteiger partial charge >= 0.3 is 13.5 Å². The number of phosphoric ester groups is 1. The fourth-order valence-electron chi connectivity index (χ4n) is 2.35. The van der Waals surface area contributed by atoms with Gasteiger partial charge in [-0.2, -0.15) is 4.98 Å². The Labute approximate surface area is 142 Å². The van der Waals surface area contributed by atoms with Crippen LogP contribution in [-0.4, -0.2) is 64.7 Å². The number of aromatic nitrogens is 2. The van der Waals surface area contributed by atoms with E-state index in [2.05, 4.69) is 9.51 Å². The summed E-state index contributed by atoms with van der Waals surface area (Å²) < 4.78 is 36.2. The van der Waals surface area contributed by atoms with Crippen molar-refractivity contribution in [3.8, 4) is 0 Å². The van der Waals surface area contributed by atoms with Crippen LogP contribution in [0.5, 0.6) is 0 Å². The van der Waals surface area contributed by atoms with Gasteiger partial charge in [-0.1, -0.05) is 0 Å². The van der Waals surface area contributed by atoms with Gasteiger partial charge in [-0.05, 0) is 6.07 Å². The molecule has 4 atom stereocenters. The third kappa shape index (κ3) is 4.35. The van der Waals surface area contributed by atoms with E-state index in [1.54, 1.807) is 25.1 Å². The maximum absolute atomic E-state index is 14.7. The minimum absolute atomic E-state index is 0.400. The molecule has 0 radical (unpaired) electrons. The zero-order valence-corrected chi connectivity index (χ0v) is 15.0. The molecule has 1 aromatic rings. The van der Waals surface area contributed by atoms with Crippen molar-refractivity contribution in [1.29, 1.82) is 0 Å². The highest BCUT2D eigenvalue weighted by molar-refractivity contribution is 8.00. The van der Waals surface area contributed by atoms with E-state index in [-0.39, 0.29) is 0 Å². The Bertz CT molecular complexity index is 683. The Balaban J connectivity index is 2.22. The number of ether oxygens (including phenoxy) is 1. The molecular weight excluding hydrogens is 364 g/mol. The lowest BCUT2D eigenvalue weighted by atomic mass is 10.1. The van der Waals surface area contributed by atoms with E-state index in [1.165, 1.54) is 13.3 Å². The number of alkyl halides is 1. The number of hydrogen-bond acceptors (Lipinski definition) is 7. The molecule has 0 saturated carbocycles. The van der Waals surface area contributed by atoms with Crippen molar-refractivity contribution in [1.82, 2.24) is 9.55 Å². The summed E-state index contributed by atoms with van der Waals surface area (Å²) in [6.07, 6.45) is -1.09. The normalized spacial score (nSPS) is 27.4. The highest BCUT2D eigenvalue weighted by Gasteiger charge is 2.47. The molecule has 24 heavy (non-hydrogen) atoms. The average molecular weight is 383 g/mol. The Morgan fingerprint density at radius 2 is 2.17 bits per heavy atom. The molecule has 0 aromatic carbocycles. The molecule has 0 spiro atoms. The number of nitrogens with zero attached hydrogens (tertiary/aromatic N) is 3. The summed E-state index contributed by atoms with van der Waals surface area (Å²) in [5.74, 6) is 0.444. The second-order valence-electron chi connectivity index (χ2n) is 5.37. The van der Waals surface area contributed by atoms with Crippen molar-refractivity contribution in [3.05, 3.63) is 22.7 Å². The van der Waals surface area contributed by atoms with Gasteiger partial charge in [0.15, 0.2) is 6.17 Å². The van der Waals surface area contributed by atoms with Crippen LogP contribution in [0.15, 0.2) is 17.1 Å². The molecule has 1 aliphatic heterocycles. The summed E-state index contributed by atoms with van der Waals surface area (Å²) in [5, 5.41) is -1.60. The number of halogens is 1. The lowest BCUT2D eigenvalue weighted by Crippen LogP contribution is -2.35. The molecule has 9 nitrogen and oxygen atoms in total. The van der Waals surface area contributed by atoms with Crippen LogP contribution in [0, 0.1) is 0 Å². The standard InChI is InChI=1S/C12H19FN3O6PS/c1-15(2)8-4-5-16(12(17)14-8)11-9(13)10(21-3)7(24-11)6-22-23(18,19)20/h4-5,7,9-11H,6H2,1-3H3,(H2,18,19,20)/t7-,9+,10-,11-/m1/s1. The summed E-state index contributed by atoms with van der Waals surface area (Å²) in [5.41, 5.74) is -0.618. The predicted molar refractivity (Wildman–Crippen MR) is 86.9 cm³/mol. The van der Waals surface area contributed by atoms with Gasteiger partial charge in [0, 0.05) is 27.4 Å². The van der Waals surface area contributed by atoms with Gasteiger partial charge in [0.05, 0.1) is 11.9 Å². The Morgan fingerprint density at radius 3 is 2.67 bits per heavy atom. The summed E-state index contributed by atoms with van der Waals surface area (Å²) in [7, 11) is 0.0749. The first kappa shape index (κ1) is 19.4. The van der Waals surface area contributed by atoms with Crippen molar-refractivity contribution in [2.75, 3.05) is 32.7 Å². The fraction of sp³-hybridized carbons (Fsp3) is 0.667. The third-order valence-electron chi connectivity index (χ3n) is 3.49. The Hall–Kier alpha value is -0.970. The minimum Gasteiger partial charge on any atom is -0.377 e.